The number of rotatable bonds is 2. The van der Waals surface area contributed by atoms with Gasteiger partial charge in [-0.3, -0.25) is 4.90 Å². The van der Waals surface area contributed by atoms with Crippen LogP contribution in [0.4, 0.5) is 0 Å². The second-order valence-corrected chi connectivity index (χ2v) is 7.76. The minimum Gasteiger partial charge on any atom is -0.292 e. The molecule has 1 saturated heterocycles. The Bertz CT molecular complexity index is 473. The standard InChI is InChI=1S/C8H12ClN3O2S2/c1-6-5-16(13,14)3-2-12(6)4-7-10-11-8(9)15-7/h6H,2-5H2,1H3. The Hall–Kier alpha value is -0.240. The molecule has 1 aliphatic rings. The van der Waals surface area contributed by atoms with Crippen LogP contribution in [0.25, 0.3) is 0 Å². The average Bonchev–Trinajstić information content (AvgIpc) is 2.56. The third kappa shape index (κ3) is 2.91. The highest BCUT2D eigenvalue weighted by molar-refractivity contribution is 7.91. The summed E-state index contributed by atoms with van der Waals surface area (Å²) in [5.74, 6) is 0.448. The van der Waals surface area contributed by atoms with E-state index >= 15 is 0 Å². The summed E-state index contributed by atoms with van der Waals surface area (Å²) in [6.07, 6.45) is 0. The molecule has 5 nitrogen and oxygen atoms in total. The van der Waals surface area contributed by atoms with Crippen LogP contribution in [0.2, 0.25) is 4.47 Å². The zero-order chi connectivity index (χ0) is 11.8. The van der Waals surface area contributed by atoms with Gasteiger partial charge in [0.1, 0.15) is 5.01 Å². The Balaban J connectivity index is 2.02. The van der Waals surface area contributed by atoms with Crippen LogP contribution in [0.1, 0.15) is 11.9 Å². The lowest BCUT2D eigenvalue weighted by molar-refractivity contribution is 0.217. The first-order chi connectivity index (χ1) is 7.46. The van der Waals surface area contributed by atoms with E-state index in [1.54, 1.807) is 0 Å². The molecule has 90 valence electrons. The summed E-state index contributed by atoms with van der Waals surface area (Å²) in [6, 6.07) is 0.0291. The van der Waals surface area contributed by atoms with Crippen LogP contribution >= 0.6 is 22.9 Å². The lowest BCUT2D eigenvalue weighted by Gasteiger charge is -2.32. The van der Waals surface area contributed by atoms with Crippen LogP contribution in [-0.2, 0) is 16.4 Å². The van der Waals surface area contributed by atoms with Crippen molar-refractivity contribution >= 4 is 32.8 Å². The number of halogens is 1. The van der Waals surface area contributed by atoms with E-state index in [1.807, 2.05) is 6.92 Å². The Labute approximate surface area is 103 Å². The summed E-state index contributed by atoms with van der Waals surface area (Å²) in [4.78, 5) is 2.10. The normalized spacial score (nSPS) is 25.8. The van der Waals surface area contributed by atoms with Crippen molar-refractivity contribution in [3.8, 4) is 0 Å². The molecular weight excluding hydrogens is 270 g/mol. The molecule has 8 heteroatoms. The van der Waals surface area contributed by atoms with Crippen molar-refractivity contribution in [3.63, 3.8) is 0 Å². The van der Waals surface area contributed by atoms with Gasteiger partial charge in [0.05, 0.1) is 18.1 Å². The molecule has 1 aromatic rings. The molecule has 16 heavy (non-hydrogen) atoms. The first kappa shape index (κ1) is 12.2. The van der Waals surface area contributed by atoms with E-state index in [1.165, 1.54) is 11.3 Å². The van der Waals surface area contributed by atoms with E-state index in [9.17, 15) is 8.42 Å². The van der Waals surface area contributed by atoms with Gasteiger partial charge >= 0.3 is 0 Å². The highest BCUT2D eigenvalue weighted by Gasteiger charge is 2.28. The number of hydrogen-bond donors (Lipinski definition) is 0. The molecule has 0 aromatic carbocycles. The summed E-state index contributed by atoms with van der Waals surface area (Å²) >= 11 is 7.03. The van der Waals surface area contributed by atoms with E-state index < -0.39 is 9.84 Å². The van der Waals surface area contributed by atoms with Gasteiger partial charge < -0.3 is 0 Å². The number of hydrogen-bond acceptors (Lipinski definition) is 6. The van der Waals surface area contributed by atoms with Crippen molar-refractivity contribution in [2.24, 2.45) is 0 Å². The Kier molecular flexibility index (Phi) is 3.48. The summed E-state index contributed by atoms with van der Waals surface area (Å²) in [7, 11) is -2.85. The fourth-order valence-electron chi connectivity index (χ4n) is 1.74. The minimum absolute atomic E-state index is 0.0291. The highest BCUT2D eigenvalue weighted by atomic mass is 35.5. The molecule has 1 aliphatic heterocycles. The fourth-order valence-corrected chi connectivity index (χ4v) is 4.26. The van der Waals surface area contributed by atoms with Gasteiger partial charge in [0.15, 0.2) is 9.84 Å². The van der Waals surface area contributed by atoms with Crippen LogP contribution in [0.15, 0.2) is 0 Å². The van der Waals surface area contributed by atoms with E-state index in [2.05, 4.69) is 15.1 Å². The predicted molar refractivity (Wildman–Crippen MR) is 63.4 cm³/mol. The van der Waals surface area contributed by atoms with E-state index in [-0.39, 0.29) is 17.5 Å². The fraction of sp³-hybridized carbons (Fsp3) is 0.750. The first-order valence-electron chi connectivity index (χ1n) is 4.88. The predicted octanol–water partition coefficient (Wildman–Crippen LogP) is 0.810. The van der Waals surface area contributed by atoms with Gasteiger partial charge in [0, 0.05) is 12.6 Å². The molecule has 1 atom stereocenters. The summed E-state index contributed by atoms with van der Waals surface area (Å²) in [5.41, 5.74) is 0. The third-order valence-corrected chi connectivity index (χ3v) is 5.39. The Morgan fingerprint density at radius 1 is 1.56 bits per heavy atom. The number of nitrogens with zero attached hydrogens (tertiary/aromatic N) is 3. The van der Waals surface area contributed by atoms with Crippen molar-refractivity contribution in [2.45, 2.75) is 19.5 Å². The molecule has 1 fully saturated rings. The summed E-state index contributed by atoms with van der Waals surface area (Å²) in [5, 5.41) is 8.48. The average molecular weight is 282 g/mol. The van der Waals surface area contributed by atoms with Gasteiger partial charge in [-0.2, -0.15) is 0 Å². The maximum atomic E-state index is 11.4. The van der Waals surface area contributed by atoms with Crippen molar-refractivity contribution in [3.05, 3.63) is 9.47 Å². The lowest BCUT2D eigenvalue weighted by Crippen LogP contribution is -2.46. The maximum absolute atomic E-state index is 11.4. The second-order valence-electron chi connectivity index (χ2n) is 3.88. The molecule has 2 heterocycles. The van der Waals surface area contributed by atoms with Crippen LogP contribution in [0, 0.1) is 0 Å². The summed E-state index contributed by atoms with van der Waals surface area (Å²) < 4.78 is 23.2. The van der Waals surface area contributed by atoms with Crippen LogP contribution in [0.5, 0.6) is 0 Å². The number of aromatic nitrogens is 2. The first-order valence-corrected chi connectivity index (χ1v) is 7.90. The van der Waals surface area contributed by atoms with Crippen LogP contribution in [-0.4, -0.2) is 47.6 Å². The molecule has 0 amide bonds. The molecule has 1 aromatic heterocycles. The quantitative estimate of drug-likeness (QED) is 0.803. The smallest absolute Gasteiger partial charge is 0.207 e. The topological polar surface area (TPSA) is 63.2 Å². The van der Waals surface area contributed by atoms with Gasteiger partial charge in [0.25, 0.3) is 0 Å². The molecule has 0 bridgehead atoms. The number of sulfone groups is 1. The summed E-state index contributed by atoms with van der Waals surface area (Å²) in [6.45, 7) is 3.10. The van der Waals surface area contributed by atoms with Crippen molar-refractivity contribution in [1.29, 1.82) is 0 Å². The van der Waals surface area contributed by atoms with E-state index in [0.717, 1.165) is 5.01 Å². The monoisotopic (exact) mass is 281 g/mol. The Morgan fingerprint density at radius 2 is 2.31 bits per heavy atom. The van der Waals surface area contributed by atoms with Gasteiger partial charge in [-0.25, -0.2) is 8.42 Å². The van der Waals surface area contributed by atoms with Gasteiger partial charge in [-0.15, -0.1) is 10.2 Å². The lowest BCUT2D eigenvalue weighted by atomic mass is 10.3. The van der Waals surface area contributed by atoms with Gasteiger partial charge in [-0.1, -0.05) is 11.3 Å². The zero-order valence-electron chi connectivity index (χ0n) is 8.76. The van der Waals surface area contributed by atoms with Gasteiger partial charge in [-0.05, 0) is 18.5 Å². The van der Waals surface area contributed by atoms with Gasteiger partial charge in [0.2, 0.25) is 4.47 Å². The molecule has 1 unspecified atom stereocenters. The van der Waals surface area contributed by atoms with Crippen molar-refractivity contribution in [1.82, 2.24) is 15.1 Å². The molecule has 0 aliphatic carbocycles. The third-order valence-electron chi connectivity index (χ3n) is 2.59. The molecule has 0 spiro atoms. The second kappa shape index (κ2) is 4.56. The highest BCUT2D eigenvalue weighted by Crippen LogP contribution is 2.19. The van der Waals surface area contributed by atoms with Crippen molar-refractivity contribution < 1.29 is 8.42 Å². The molecule has 0 radical (unpaired) electrons. The van der Waals surface area contributed by atoms with Crippen LogP contribution < -0.4 is 0 Å². The SMILES string of the molecule is CC1CS(=O)(=O)CCN1Cc1nnc(Cl)s1. The van der Waals surface area contributed by atoms with E-state index in [4.69, 9.17) is 11.6 Å². The molecule has 0 N–H and O–H groups in total. The largest absolute Gasteiger partial charge is 0.292 e. The zero-order valence-corrected chi connectivity index (χ0v) is 11.1. The molecular formula is C8H12ClN3O2S2. The maximum Gasteiger partial charge on any atom is 0.207 e. The van der Waals surface area contributed by atoms with Crippen molar-refractivity contribution in [2.75, 3.05) is 18.1 Å². The Morgan fingerprint density at radius 3 is 2.88 bits per heavy atom. The molecule has 2 rings (SSSR count). The minimum atomic E-state index is -2.85. The van der Waals surface area contributed by atoms with Crippen LogP contribution in [0.3, 0.4) is 0 Å². The molecule has 0 saturated carbocycles. The van der Waals surface area contributed by atoms with E-state index in [0.29, 0.717) is 17.6 Å².